The van der Waals surface area contributed by atoms with Crippen molar-refractivity contribution in [3.63, 3.8) is 0 Å². The summed E-state index contributed by atoms with van der Waals surface area (Å²) in [6.07, 6.45) is 0. The number of benzene rings is 2. The molecule has 25 heavy (non-hydrogen) atoms. The molecule has 0 aliphatic carbocycles. The second kappa shape index (κ2) is 13.3. The average molecular weight is 346 g/mol. The summed E-state index contributed by atoms with van der Waals surface area (Å²) in [5.74, 6) is 0.172. The summed E-state index contributed by atoms with van der Waals surface area (Å²) in [7, 11) is 1.57. The first kappa shape index (κ1) is 21.9. The van der Waals surface area contributed by atoms with Crippen molar-refractivity contribution in [2.24, 2.45) is 0 Å². The largest absolute Gasteiger partial charge is 0.497 e. The number of carbonyl (C=O) groups excluding carboxylic acids is 3. The molecule has 0 radical (unpaired) electrons. The van der Waals surface area contributed by atoms with E-state index in [0.717, 1.165) is 6.92 Å². The summed E-state index contributed by atoms with van der Waals surface area (Å²) in [4.78, 5) is 30.5. The van der Waals surface area contributed by atoms with Crippen LogP contribution in [0.1, 0.15) is 31.1 Å². The lowest BCUT2D eigenvalue weighted by molar-refractivity contribution is -0.149. The molecule has 6 nitrogen and oxygen atoms in total. The topological polar surface area (TPSA) is 78.9 Å². The van der Waals surface area contributed by atoms with Crippen LogP contribution in [0.25, 0.3) is 0 Å². The van der Waals surface area contributed by atoms with Crippen LogP contribution >= 0.6 is 0 Å². The molecular weight excluding hydrogens is 324 g/mol. The van der Waals surface area contributed by atoms with Crippen molar-refractivity contribution in [3.8, 4) is 11.5 Å². The molecule has 134 valence electrons. The van der Waals surface area contributed by atoms with Crippen LogP contribution in [-0.4, -0.2) is 25.5 Å². The summed E-state index contributed by atoms with van der Waals surface area (Å²) in [5.41, 5.74) is 0.523. The van der Waals surface area contributed by atoms with E-state index in [2.05, 4.69) is 4.74 Å². The van der Waals surface area contributed by atoms with Gasteiger partial charge in [0, 0.05) is 13.0 Å². The molecule has 0 aromatic heterocycles. The molecule has 0 saturated heterocycles. The molecule has 2 aromatic carbocycles. The summed E-state index contributed by atoms with van der Waals surface area (Å²) in [5, 5.41) is 0. The van der Waals surface area contributed by atoms with Gasteiger partial charge in [-0.1, -0.05) is 38.1 Å². The van der Waals surface area contributed by atoms with Crippen molar-refractivity contribution >= 4 is 18.4 Å². The smallest absolute Gasteiger partial charge is 0.343 e. The third kappa shape index (κ3) is 9.55. The third-order valence-electron chi connectivity index (χ3n) is 2.48. The number of hydrogen-bond acceptors (Lipinski definition) is 6. The van der Waals surface area contributed by atoms with Gasteiger partial charge in [0.1, 0.15) is 11.5 Å². The minimum atomic E-state index is -0.579. The Hall–Kier alpha value is -3.15. The standard InChI is InChI=1S/C14H12O3.C3H4O3.C2H6/c1-16-12-8-5-9-13(10-12)17-14(15)11-6-3-2-4-7-11;1-3(5)6-2-4;1-2/h2-10H,1H3;2H,1H3;1-2H3. The number of esters is 2. The predicted octanol–water partition coefficient (Wildman–Crippen LogP) is 3.65. The van der Waals surface area contributed by atoms with Crippen LogP contribution in [0.4, 0.5) is 0 Å². The van der Waals surface area contributed by atoms with Crippen molar-refractivity contribution in [2.45, 2.75) is 20.8 Å². The normalized spacial score (nSPS) is 8.48. The van der Waals surface area contributed by atoms with E-state index in [4.69, 9.17) is 9.47 Å². The van der Waals surface area contributed by atoms with Crippen LogP contribution in [0.5, 0.6) is 11.5 Å². The van der Waals surface area contributed by atoms with E-state index in [0.29, 0.717) is 17.1 Å². The van der Waals surface area contributed by atoms with Gasteiger partial charge >= 0.3 is 18.4 Å². The number of carbonyl (C=O) groups is 3. The van der Waals surface area contributed by atoms with Gasteiger partial charge in [-0.3, -0.25) is 9.59 Å². The molecule has 0 saturated carbocycles. The Morgan fingerprint density at radius 3 is 2.00 bits per heavy atom. The Morgan fingerprint density at radius 2 is 1.52 bits per heavy atom. The van der Waals surface area contributed by atoms with Gasteiger partial charge in [0.2, 0.25) is 0 Å². The maximum atomic E-state index is 11.8. The Bertz CT molecular complexity index is 652. The Balaban J connectivity index is 0.000000614. The highest BCUT2D eigenvalue weighted by atomic mass is 16.6. The summed E-state index contributed by atoms with van der Waals surface area (Å²) < 4.78 is 14.0. The highest BCUT2D eigenvalue weighted by Crippen LogP contribution is 2.19. The predicted molar refractivity (Wildman–Crippen MR) is 93.6 cm³/mol. The number of ether oxygens (including phenoxy) is 3. The number of methoxy groups -OCH3 is 1. The maximum Gasteiger partial charge on any atom is 0.343 e. The van der Waals surface area contributed by atoms with Crippen molar-refractivity contribution in [2.75, 3.05) is 7.11 Å². The lowest BCUT2D eigenvalue weighted by atomic mass is 10.2. The average Bonchev–Trinajstić information content (AvgIpc) is 2.64. The fourth-order valence-corrected chi connectivity index (χ4v) is 1.47. The minimum Gasteiger partial charge on any atom is -0.497 e. The second-order valence-corrected chi connectivity index (χ2v) is 4.14. The molecule has 0 amide bonds. The van der Waals surface area contributed by atoms with Crippen LogP contribution in [0.15, 0.2) is 54.6 Å². The second-order valence-electron chi connectivity index (χ2n) is 4.14. The SMILES string of the molecule is CC.CC(=O)OC=O.COc1cccc(OC(=O)c2ccccc2)c1. The zero-order chi connectivity index (χ0) is 19.1. The van der Waals surface area contributed by atoms with Gasteiger partial charge in [-0.25, -0.2) is 4.79 Å². The molecule has 0 spiro atoms. The molecule has 0 N–H and O–H groups in total. The highest BCUT2D eigenvalue weighted by Gasteiger charge is 2.07. The molecule has 2 aromatic rings. The molecular formula is C19H22O6. The van der Waals surface area contributed by atoms with Crippen molar-refractivity contribution in [3.05, 3.63) is 60.2 Å². The summed E-state index contributed by atoms with van der Waals surface area (Å²) in [6, 6.07) is 15.8. The monoisotopic (exact) mass is 346 g/mol. The molecule has 0 unspecified atom stereocenters. The zero-order valence-electron chi connectivity index (χ0n) is 14.7. The van der Waals surface area contributed by atoms with E-state index in [1.807, 2.05) is 19.9 Å². The van der Waals surface area contributed by atoms with Gasteiger partial charge in [-0.15, -0.1) is 0 Å². The van der Waals surface area contributed by atoms with Crippen molar-refractivity contribution < 1.29 is 28.6 Å². The van der Waals surface area contributed by atoms with Crippen LogP contribution in [0, 0.1) is 0 Å². The first-order valence-electron chi connectivity index (χ1n) is 7.59. The summed E-state index contributed by atoms with van der Waals surface area (Å²) in [6.45, 7) is 5.26. The van der Waals surface area contributed by atoms with Gasteiger partial charge in [0.05, 0.1) is 12.7 Å². The van der Waals surface area contributed by atoms with Gasteiger partial charge in [-0.2, -0.15) is 0 Å². The van der Waals surface area contributed by atoms with Crippen molar-refractivity contribution in [1.82, 2.24) is 0 Å². The van der Waals surface area contributed by atoms with Crippen LogP contribution < -0.4 is 9.47 Å². The number of hydrogen-bond donors (Lipinski definition) is 0. The molecule has 0 aliphatic rings. The van der Waals surface area contributed by atoms with Gasteiger partial charge in [0.15, 0.2) is 0 Å². The Kier molecular flexibility index (Phi) is 11.6. The molecule has 0 bridgehead atoms. The number of rotatable bonds is 4. The Morgan fingerprint density at radius 1 is 0.920 bits per heavy atom. The van der Waals surface area contributed by atoms with Crippen molar-refractivity contribution in [1.29, 1.82) is 0 Å². The van der Waals surface area contributed by atoms with E-state index in [9.17, 15) is 14.4 Å². The molecule has 0 atom stereocenters. The van der Waals surface area contributed by atoms with Gasteiger partial charge < -0.3 is 14.2 Å². The lowest BCUT2D eigenvalue weighted by Crippen LogP contribution is -2.08. The lowest BCUT2D eigenvalue weighted by Gasteiger charge is -2.05. The van der Waals surface area contributed by atoms with Gasteiger partial charge in [-0.05, 0) is 24.3 Å². The molecule has 0 fully saturated rings. The van der Waals surface area contributed by atoms with E-state index in [1.54, 1.807) is 55.6 Å². The summed E-state index contributed by atoms with van der Waals surface area (Å²) >= 11 is 0. The first-order valence-corrected chi connectivity index (χ1v) is 7.59. The van der Waals surface area contributed by atoms with Crippen LogP contribution in [0.2, 0.25) is 0 Å². The van der Waals surface area contributed by atoms with E-state index in [1.165, 1.54) is 0 Å². The van der Waals surface area contributed by atoms with Crippen LogP contribution in [-0.2, 0) is 14.3 Å². The molecule has 0 aliphatic heterocycles. The fourth-order valence-electron chi connectivity index (χ4n) is 1.47. The van der Waals surface area contributed by atoms with Gasteiger partial charge in [0.25, 0.3) is 0 Å². The third-order valence-corrected chi connectivity index (χ3v) is 2.48. The van der Waals surface area contributed by atoms with E-state index in [-0.39, 0.29) is 12.4 Å². The molecule has 2 rings (SSSR count). The minimum absolute atomic E-state index is 0.0995. The fraction of sp³-hybridized carbons (Fsp3) is 0.211. The zero-order valence-corrected chi connectivity index (χ0v) is 14.7. The van der Waals surface area contributed by atoms with E-state index >= 15 is 0 Å². The van der Waals surface area contributed by atoms with E-state index < -0.39 is 5.97 Å². The first-order chi connectivity index (χ1) is 12.1. The quantitative estimate of drug-likeness (QED) is 0.364. The molecule has 0 heterocycles. The Labute approximate surface area is 147 Å². The molecule has 6 heteroatoms. The van der Waals surface area contributed by atoms with Crippen LogP contribution in [0.3, 0.4) is 0 Å². The highest BCUT2D eigenvalue weighted by molar-refractivity contribution is 5.90. The maximum absolute atomic E-state index is 11.8.